The molecule has 0 aliphatic carbocycles. The summed E-state index contributed by atoms with van der Waals surface area (Å²) in [6.07, 6.45) is 0. The van der Waals surface area contributed by atoms with Gasteiger partial charge in [0.05, 0.1) is 20.8 Å². The van der Waals surface area contributed by atoms with Crippen LogP contribution in [0, 0.1) is 0 Å². The molecule has 0 radical (unpaired) electrons. The number of alkyl halides is 1. The van der Waals surface area contributed by atoms with Crippen molar-refractivity contribution >= 4 is 38.6 Å². The van der Waals surface area contributed by atoms with Crippen LogP contribution in [-0.4, -0.2) is 15.5 Å². The number of hydrogen-bond acceptors (Lipinski definition) is 3. The minimum Gasteiger partial charge on any atom is -0.268 e. The minimum absolute atomic E-state index is 0.288. The van der Waals surface area contributed by atoms with Crippen LogP contribution in [0.15, 0.2) is 40.6 Å². The fourth-order valence-corrected chi connectivity index (χ4v) is 5.05. The van der Waals surface area contributed by atoms with E-state index in [-0.39, 0.29) is 4.90 Å². The van der Waals surface area contributed by atoms with Crippen LogP contribution in [0.2, 0.25) is 0 Å². The highest BCUT2D eigenvalue weighted by molar-refractivity contribution is 7.92. The minimum atomic E-state index is -3.52. The maximum atomic E-state index is 12.5. The van der Waals surface area contributed by atoms with E-state index in [0.717, 1.165) is 4.88 Å². The Morgan fingerprint density at radius 2 is 2.00 bits per heavy atom. The molecule has 3 nitrogen and oxygen atoms in total. The van der Waals surface area contributed by atoms with Crippen molar-refractivity contribution in [3.8, 4) is 0 Å². The van der Waals surface area contributed by atoms with Crippen molar-refractivity contribution in [3.05, 3.63) is 46.2 Å². The van der Waals surface area contributed by atoms with E-state index in [9.17, 15) is 8.42 Å². The summed E-state index contributed by atoms with van der Waals surface area (Å²) in [5, 5.41) is 1.44. The third-order valence-corrected chi connectivity index (χ3v) is 6.47. The molecule has 1 aliphatic heterocycles. The van der Waals surface area contributed by atoms with E-state index in [1.165, 1.54) is 15.6 Å². The quantitative estimate of drug-likeness (QED) is 0.701. The lowest BCUT2D eigenvalue weighted by atomic mass is 10.1. The average Bonchev–Trinajstić information content (AvgIpc) is 2.83. The van der Waals surface area contributed by atoms with Gasteiger partial charge < -0.3 is 0 Å². The molecule has 0 amide bonds. The maximum absolute atomic E-state index is 12.5. The van der Waals surface area contributed by atoms with Crippen LogP contribution < -0.4 is 4.31 Å². The number of fused-ring (bicyclic) bond motifs is 2. The van der Waals surface area contributed by atoms with Crippen molar-refractivity contribution in [2.24, 2.45) is 0 Å². The Labute approximate surface area is 115 Å². The Morgan fingerprint density at radius 3 is 2.78 bits per heavy atom. The van der Waals surface area contributed by atoms with Crippen LogP contribution in [0.4, 0.5) is 5.69 Å². The Balaban J connectivity index is 2.40. The summed E-state index contributed by atoms with van der Waals surface area (Å²) >= 11 is 7.91. The zero-order valence-corrected chi connectivity index (χ0v) is 11.9. The zero-order valence-electron chi connectivity index (χ0n) is 9.50. The summed E-state index contributed by atoms with van der Waals surface area (Å²) in [6.45, 7) is 0. The lowest BCUT2D eigenvalue weighted by Gasteiger charge is -2.17. The molecule has 0 saturated carbocycles. The number of benzene rings is 1. The molecule has 0 bridgehead atoms. The van der Waals surface area contributed by atoms with Gasteiger partial charge in [0.1, 0.15) is 0 Å². The zero-order chi connectivity index (χ0) is 12.9. The Bertz CT molecular complexity index is 708. The predicted molar refractivity (Wildman–Crippen MR) is 74.0 cm³/mol. The second-order valence-electron chi connectivity index (χ2n) is 4.04. The molecule has 3 rings (SSSR count). The first-order chi connectivity index (χ1) is 8.53. The van der Waals surface area contributed by atoms with Crippen molar-refractivity contribution in [3.63, 3.8) is 0 Å². The van der Waals surface area contributed by atoms with Gasteiger partial charge >= 0.3 is 0 Å². The molecule has 0 spiro atoms. The second-order valence-corrected chi connectivity index (χ2v) is 7.36. The van der Waals surface area contributed by atoms with E-state index in [4.69, 9.17) is 11.6 Å². The largest absolute Gasteiger partial charge is 0.268 e. The van der Waals surface area contributed by atoms with Crippen LogP contribution in [0.1, 0.15) is 15.8 Å². The van der Waals surface area contributed by atoms with Crippen molar-refractivity contribution in [1.29, 1.82) is 0 Å². The van der Waals surface area contributed by atoms with Gasteiger partial charge in [0.15, 0.2) is 0 Å². The van der Waals surface area contributed by atoms with Gasteiger partial charge in [-0.3, -0.25) is 4.31 Å². The van der Waals surface area contributed by atoms with Crippen molar-refractivity contribution in [2.75, 3.05) is 11.4 Å². The van der Waals surface area contributed by atoms with Crippen LogP contribution >= 0.6 is 22.9 Å². The molecule has 18 heavy (non-hydrogen) atoms. The van der Waals surface area contributed by atoms with Gasteiger partial charge in [-0.25, -0.2) is 8.42 Å². The van der Waals surface area contributed by atoms with Gasteiger partial charge in [0.2, 0.25) is 0 Å². The van der Waals surface area contributed by atoms with Gasteiger partial charge in [-0.2, -0.15) is 0 Å². The first-order valence-corrected chi connectivity index (χ1v) is 8.08. The number of rotatable bonds is 0. The Hall–Kier alpha value is -1.04. The molecular weight excluding hydrogens is 290 g/mol. The third-order valence-electron chi connectivity index (χ3n) is 3.07. The first kappa shape index (κ1) is 12.0. The van der Waals surface area contributed by atoms with E-state index < -0.39 is 15.4 Å². The summed E-state index contributed by atoms with van der Waals surface area (Å²) in [5.41, 5.74) is 1.31. The molecule has 94 valence electrons. The normalized spacial score (nSPS) is 21.0. The molecular formula is C12H10ClNO2S2. The summed E-state index contributed by atoms with van der Waals surface area (Å²) in [6, 6.07) is 8.69. The first-order valence-electron chi connectivity index (χ1n) is 5.33. The molecule has 2 heterocycles. The van der Waals surface area contributed by atoms with Crippen LogP contribution in [0.25, 0.3) is 0 Å². The van der Waals surface area contributed by atoms with E-state index in [0.29, 0.717) is 11.3 Å². The van der Waals surface area contributed by atoms with Crippen LogP contribution in [0.5, 0.6) is 0 Å². The molecule has 0 saturated heterocycles. The molecule has 1 aromatic carbocycles. The van der Waals surface area contributed by atoms with E-state index in [1.807, 2.05) is 11.4 Å². The summed E-state index contributed by atoms with van der Waals surface area (Å²) in [5.74, 6) is 0. The standard InChI is InChI=1S/C12H10ClNO2S2/c1-14-9-6-7-17-12(9)11(13)8-4-2-3-5-10(8)18(14,15)16/h2-7,11H,1H3. The molecule has 6 heteroatoms. The number of anilines is 1. The highest BCUT2D eigenvalue weighted by Crippen LogP contribution is 2.45. The predicted octanol–water partition coefficient (Wildman–Crippen LogP) is 3.21. The van der Waals surface area contributed by atoms with Crippen LogP contribution in [0.3, 0.4) is 0 Å². The lowest BCUT2D eigenvalue weighted by molar-refractivity contribution is 0.594. The van der Waals surface area contributed by atoms with Crippen molar-refractivity contribution in [2.45, 2.75) is 10.3 Å². The molecule has 0 N–H and O–H groups in total. The maximum Gasteiger partial charge on any atom is 0.264 e. The second kappa shape index (κ2) is 3.98. The van der Waals surface area contributed by atoms with E-state index >= 15 is 0 Å². The monoisotopic (exact) mass is 299 g/mol. The van der Waals surface area contributed by atoms with Gasteiger partial charge in [0.25, 0.3) is 10.0 Å². The molecule has 1 aliphatic rings. The average molecular weight is 300 g/mol. The lowest BCUT2D eigenvalue weighted by Crippen LogP contribution is -2.26. The molecule has 2 aromatic rings. The summed E-state index contributed by atoms with van der Waals surface area (Å²) in [4.78, 5) is 1.16. The molecule has 1 unspecified atom stereocenters. The molecule has 0 fully saturated rings. The number of hydrogen-bond donors (Lipinski definition) is 0. The SMILES string of the molecule is CN1c2ccsc2C(Cl)c2ccccc2S1(=O)=O. The fourth-order valence-electron chi connectivity index (χ4n) is 2.11. The number of nitrogens with zero attached hydrogens (tertiary/aromatic N) is 1. The highest BCUT2D eigenvalue weighted by atomic mass is 35.5. The van der Waals surface area contributed by atoms with E-state index in [2.05, 4.69) is 0 Å². The summed E-state index contributed by atoms with van der Waals surface area (Å²) < 4.78 is 26.3. The van der Waals surface area contributed by atoms with Crippen LogP contribution in [-0.2, 0) is 10.0 Å². The Kier molecular flexibility index (Phi) is 2.66. The van der Waals surface area contributed by atoms with Crippen molar-refractivity contribution in [1.82, 2.24) is 0 Å². The third kappa shape index (κ3) is 1.51. The number of sulfonamides is 1. The number of thiophene rings is 1. The summed E-state index contributed by atoms with van der Waals surface area (Å²) in [7, 11) is -1.96. The van der Waals surface area contributed by atoms with Gasteiger partial charge in [-0.1, -0.05) is 18.2 Å². The van der Waals surface area contributed by atoms with Gasteiger partial charge in [-0.05, 0) is 23.1 Å². The highest BCUT2D eigenvalue weighted by Gasteiger charge is 2.34. The molecule has 1 aromatic heterocycles. The van der Waals surface area contributed by atoms with Gasteiger partial charge in [-0.15, -0.1) is 22.9 Å². The molecule has 1 atom stereocenters. The topological polar surface area (TPSA) is 37.4 Å². The van der Waals surface area contributed by atoms with Gasteiger partial charge in [0, 0.05) is 7.05 Å². The van der Waals surface area contributed by atoms with E-state index in [1.54, 1.807) is 31.3 Å². The number of halogens is 1. The Morgan fingerprint density at radius 1 is 1.28 bits per heavy atom. The fraction of sp³-hybridized carbons (Fsp3) is 0.167. The smallest absolute Gasteiger partial charge is 0.264 e. The van der Waals surface area contributed by atoms with Crippen molar-refractivity contribution < 1.29 is 8.42 Å².